The summed E-state index contributed by atoms with van der Waals surface area (Å²) in [7, 11) is 0. The number of fused-ring (bicyclic) bond motifs is 5. The van der Waals surface area contributed by atoms with Gasteiger partial charge >= 0.3 is 0 Å². The highest BCUT2D eigenvalue weighted by atomic mass is 14.2. The van der Waals surface area contributed by atoms with Crippen LogP contribution in [0.15, 0.2) is 54.6 Å². The van der Waals surface area contributed by atoms with E-state index in [0.29, 0.717) is 0 Å². The molecule has 0 aromatic heterocycles. The standard InChI is InChI=1S/C27H24/c1-15-16(2)18(4)27-19(5)23-11-10-22-12-20-8-6-7-9-21(20)13-25(22)26(23)14-24(27)17(15)3/h6-14H,1-5H3. The lowest BCUT2D eigenvalue weighted by Gasteiger charge is -2.18. The quantitative estimate of drug-likeness (QED) is 0.197. The minimum atomic E-state index is 1.31. The molecule has 0 amide bonds. The molecule has 0 fully saturated rings. The molecule has 0 aliphatic rings. The lowest BCUT2D eigenvalue weighted by molar-refractivity contribution is 1.25. The van der Waals surface area contributed by atoms with E-state index in [1.54, 1.807) is 0 Å². The summed E-state index contributed by atoms with van der Waals surface area (Å²) in [5.74, 6) is 0. The fourth-order valence-electron chi connectivity index (χ4n) is 4.80. The van der Waals surface area contributed by atoms with Crippen LogP contribution in [-0.4, -0.2) is 0 Å². The average Bonchev–Trinajstić information content (AvgIpc) is 2.68. The van der Waals surface area contributed by atoms with Gasteiger partial charge in [-0.15, -0.1) is 0 Å². The molecule has 0 heterocycles. The maximum atomic E-state index is 2.43. The van der Waals surface area contributed by atoms with E-state index in [9.17, 15) is 0 Å². The summed E-state index contributed by atoms with van der Waals surface area (Å²) in [5, 5.41) is 10.9. The Balaban J connectivity index is 2.05. The summed E-state index contributed by atoms with van der Waals surface area (Å²) < 4.78 is 0. The third kappa shape index (κ3) is 2.16. The second kappa shape index (κ2) is 5.57. The van der Waals surface area contributed by atoms with Gasteiger partial charge in [-0.1, -0.05) is 36.4 Å². The first-order valence-electron chi connectivity index (χ1n) is 9.72. The highest BCUT2D eigenvalue weighted by Crippen LogP contribution is 2.38. The van der Waals surface area contributed by atoms with Crippen LogP contribution < -0.4 is 0 Å². The van der Waals surface area contributed by atoms with Gasteiger partial charge in [0.25, 0.3) is 0 Å². The van der Waals surface area contributed by atoms with Gasteiger partial charge < -0.3 is 0 Å². The Morgan fingerprint density at radius 2 is 1.07 bits per heavy atom. The predicted octanol–water partition coefficient (Wildman–Crippen LogP) is 7.84. The molecule has 132 valence electrons. The Kier molecular flexibility index (Phi) is 3.37. The smallest absolute Gasteiger partial charge is 0.00960 e. The van der Waals surface area contributed by atoms with Gasteiger partial charge in [0.1, 0.15) is 0 Å². The van der Waals surface area contributed by atoms with Gasteiger partial charge in [0.15, 0.2) is 0 Å². The molecule has 0 bridgehead atoms. The molecule has 0 unspecified atom stereocenters. The van der Waals surface area contributed by atoms with Crippen molar-refractivity contribution in [2.45, 2.75) is 34.6 Å². The minimum Gasteiger partial charge on any atom is -0.0616 e. The molecule has 5 rings (SSSR count). The van der Waals surface area contributed by atoms with Crippen molar-refractivity contribution in [2.24, 2.45) is 0 Å². The van der Waals surface area contributed by atoms with Gasteiger partial charge in [-0.05, 0) is 124 Å². The van der Waals surface area contributed by atoms with Crippen molar-refractivity contribution in [2.75, 3.05) is 0 Å². The minimum absolute atomic E-state index is 1.31. The number of benzene rings is 5. The largest absolute Gasteiger partial charge is 0.0616 e. The fourth-order valence-corrected chi connectivity index (χ4v) is 4.80. The topological polar surface area (TPSA) is 0 Å². The first-order chi connectivity index (χ1) is 13.0. The maximum Gasteiger partial charge on any atom is -0.00960 e. The Hall–Kier alpha value is -2.86. The molecule has 5 aromatic rings. The molecule has 0 atom stereocenters. The Morgan fingerprint density at radius 1 is 0.407 bits per heavy atom. The molecular formula is C27H24. The Labute approximate surface area is 160 Å². The van der Waals surface area contributed by atoms with Gasteiger partial charge in [-0.25, -0.2) is 0 Å². The van der Waals surface area contributed by atoms with Crippen LogP contribution in [0.3, 0.4) is 0 Å². The molecule has 0 radical (unpaired) electrons. The van der Waals surface area contributed by atoms with E-state index in [1.165, 1.54) is 70.9 Å². The monoisotopic (exact) mass is 348 g/mol. The van der Waals surface area contributed by atoms with E-state index in [0.717, 1.165) is 0 Å². The zero-order valence-electron chi connectivity index (χ0n) is 16.7. The number of hydrogen-bond acceptors (Lipinski definition) is 0. The summed E-state index contributed by atoms with van der Waals surface area (Å²) >= 11 is 0. The van der Waals surface area contributed by atoms with Gasteiger partial charge in [0, 0.05) is 0 Å². The molecule has 5 aromatic carbocycles. The fraction of sp³-hybridized carbons (Fsp3) is 0.185. The normalized spacial score (nSPS) is 11.9. The van der Waals surface area contributed by atoms with Crippen molar-refractivity contribution in [1.29, 1.82) is 0 Å². The lowest BCUT2D eigenvalue weighted by atomic mass is 9.86. The first-order valence-corrected chi connectivity index (χ1v) is 9.72. The van der Waals surface area contributed by atoms with Crippen LogP contribution in [0, 0.1) is 34.6 Å². The highest BCUT2D eigenvalue weighted by molar-refractivity contribution is 6.17. The second-order valence-electron chi connectivity index (χ2n) is 8.01. The third-order valence-corrected chi connectivity index (χ3v) is 6.73. The molecule has 0 aliphatic carbocycles. The van der Waals surface area contributed by atoms with E-state index in [4.69, 9.17) is 0 Å². The van der Waals surface area contributed by atoms with E-state index < -0.39 is 0 Å². The molecule has 0 heteroatoms. The average molecular weight is 348 g/mol. The van der Waals surface area contributed by atoms with Crippen LogP contribution in [0.4, 0.5) is 0 Å². The van der Waals surface area contributed by atoms with Crippen molar-refractivity contribution in [3.63, 3.8) is 0 Å². The van der Waals surface area contributed by atoms with Crippen molar-refractivity contribution in [3.8, 4) is 0 Å². The van der Waals surface area contributed by atoms with E-state index in [-0.39, 0.29) is 0 Å². The van der Waals surface area contributed by atoms with Crippen LogP contribution in [0.1, 0.15) is 27.8 Å². The zero-order valence-corrected chi connectivity index (χ0v) is 16.7. The SMILES string of the molecule is Cc1c(C)c(C)c2c(C)c3ccc4cc5ccccc5cc4c3cc2c1C. The van der Waals surface area contributed by atoms with Crippen LogP contribution >= 0.6 is 0 Å². The molecule has 0 spiro atoms. The van der Waals surface area contributed by atoms with E-state index >= 15 is 0 Å². The molecule has 27 heavy (non-hydrogen) atoms. The van der Waals surface area contributed by atoms with Crippen LogP contribution in [-0.2, 0) is 0 Å². The van der Waals surface area contributed by atoms with Crippen molar-refractivity contribution in [3.05, 3.63) is 82.4 Å². The number of hydrogen-bond donors (Lipinski definition) is 0. The number of aryl methyl sites for hydroxylation is 3. The van der Waals surface area contributed by atoms with Crippen molar-refractivity contribution < 1.29 is 0 Å². The van der Waals surface area contributed by atoms with Gasteiger partial charge in [-0.3, -0.25) is 0 Å². The van der Waals surface area contributed by atoms with E-state index in [1.807, 2.05) is 0 Å². The molecular weight excluding hydrogens is 324 g/mol. The Bertz CT molecular complexity index is 1400. The van der Waals surface area contributed by atoms with Crippen molar-refractivity contribution in [1.82, 2.24) is 0 Å². The zero-order chi connectivity index (χ0) is 18.9. The predicted molar refractivity (Wildman–Crippen MR) is 120 cm³/mol. The van der Waals surface area contributed by atoms with Crippen LogP contribution in [0.25, 0.3) is 43.1 Å². The summed E-state index contributed by atoms with van der Waals surface area (Å²) in [6.45, 7) is 11.4. The summed E-state index contributed by atoms with van der Waals surface area (Å²) in [5.41, 5.74) is 7.09. The molecule has 0 nitrogen and oxygen atoms in total. The Morgan fingerprint density at radius 3 is 1.81 bits per heavy atom. The molecule has 0 aliphatic heterocycles. The van der Waals surface area contributed by atoms with Gasteiger partial charge in [-0.2, -0.15) is 0 Å². The molecule has 0 saturated carbocycles. The summed E-state index contributed by atoms with van der Waals surface area (Å²) in [4.78, 5) is 0. The summed E-state index contributed by atoms with van der Waals surface area (Å²) in [6.07, 6.45) is 0. The molecule has 0 N–H and O–H groups in total. The van der Waals surface area contributed by atoms with Crippen LogP contribution in [0.5, 0.6) is 0 Å². The third-order valence-electron chi connectivity index (χ3n) is 6.73. The highest BCUT2D eigenvalue weighted by Gasteiger charge is 2.14. The van der Waals surface area contributed by atoms with Gasteiger partial charge in [0.2, 0.25) is 0 Å². The first kappa shape index (κ1) is 16.3. The number of rotatable bonds is 0. The van der Waals surface area contributed by atoms with Crippen LogP contribution in [0.2, 0.25) is 0 Å². The van der Waals surface area contributed by atoms with E-state index in [2.05, 4.69) is 89.2 Å². The molecule has 0 saturated heterocycles. The lowest BCUT2D eigenvalue weighted by Crippen LogP contribution is -1.96. The van der Waals surface area contributed by atoms with Crippen molar-refractivity contribution >= 4 is 43.1 Å². The second-order valence-corrected chi connectivity index (χ2v) is 8.01. The maximum absolute atomic E-state index is 2.43. The summed E-state index contributed by atoms with van der Waals surface area (Å²) in [6, 6.07) is 20.4. The van der Waals surface area contributed by atoms with Gasteiger partial charge in [0.05, 0.1) is 0 Å².